The lowest BCUT2D eigenvalue weighted by Gasteiger charge is -2.26. The maximum atomic E-state index is 12.8. The Hall–Kier alpha value is -1.89. The Morgan fingerprint density at radius 1 is 1.32 bits per heavy atom. The lowest BCUT2D eigenvalue weighted by Crippen LogP contribution is -2.47. The van der Waals surface area contributed by atoms with Gasteiger partial charge in [-0.15, -0.1) is 11.8 Å². The van der Waals surface area contributed by atoms with Crippen LogP contribution in [0.25, 0.3) is 0 Å². The first-order valence-electron chi connectivity index (χ1n) is 6.81. The quantitative estimate of drug-likeness (QED) is 0.918. The number of hydrogen-bond donors (Lipinski definition) is 1. The van der Waals surface area contributed by atoms with E-state index in [1.54, 1.807) is 6.07 Å². The molecule has 0 aliphatic carbocycles. The van der Waals surface area contributed by atoms with Gasteiger partial charge in [0, 0.05) is 10.3 Å². The van der Waals surface area contributed by atoms with Crippen LogP contribution in [0.15, 0.2) is 12.1 Å². The number of thioether (sulfide) groups is 1. The smallest absolute Gasteiger partial charge is 0.327 e. The lowest BCUT2D eigenvalue weighted by molar-refractivity contribution is -0.142. The van der Waals surface area contributed by atoms with Crippen molar-refractivity contribution < 1.29 is 24.2 Å². The molecule has 0 unspecified atom stereocenters. The number of hydrogen-bond acceptors (Lipinski definition) is 5. The molecule has 1 N–H and O–H groups in total. The predicted octanol–water partition coefficient (Wildman–Crippen LogP) is 2.14. The molecular formula is C15H17NO5S. The van der Waals surface area contributed by atoms with E-state index in [-0.39, 0.29) is 11.3 Å². The van der Waals surface area contributed by atoms with Crippen molar-refractivity contribution in [3.05, 3.63) is 23.3 Å². The van der Waals surface area contributed by atoms with Crippen LogP contribution in [-0.2, 0) is 4.79 Å². The van der Waals surface area contributed by atoms with Crippen molar-refractivity contribution in [3.63, 3.8) is 0 Å². The van der Waals surface area contributed by atoms with Gasteiger partial charge in [-0.05, 0) is 19.9 Å². The average Bonchev–Trinajstić information content (AvgIpc) is 2.88. The van der Waals surface area contributed by atoms with Crippen LogP contribution in [0.1, 0.15) is 35.1 Å². The van der Waals surface area contributed by atoms with Crippen molar-refractivity contribution in [1.29, 1.82) is 0 Å². The summed E-state index contributed by atoms with van der Waals surface area (Å²) >= 11 is 1.48. The molecule has 2 heterocycles. The van der Waals surface area contributed by atoms with Crippen LogP contribution in [-0.4, -0.2) is 46.9 Å². The summed E-state index contributed by atoms with van der Waals surface area (Å²) in [5, 5.41) is 9.25. The van der Waals surface area contributed by atoms with Crippen LogP contribution < -0.4 is 9.47 Å². The Kier molecular flexibility index (Phi) is 3.28. The molecule has 0 aromatic heterocycles. The van der Waals surface area contributed by atoms with E-state index in [2.05, 4.69) is 0 Å². The fourth-order valence-electron chi connectivity index (χ4n) is 3.23. The van der Waals surface area contributed by atoms with E-state index >= 15 is 0 Å². The third kappa shape index (κ3) is 1.81. The third-order valence-electron chi connectivity index (χ3n) is 4.13. The van der Waals surface area contributed by atoms with Gasteiger partial charge < -0.3 is 19.5 Å². The zero-order valence-electron chi connectivity index (χ0n) is 12.7. The number of carboxylic acid groups (broad SMARTS) is 1. The molecule has 0 spiro atoms. The molecule has 6 nitrogen and oxygen atoms in total. The summed E-state index contributed by atoms with van der Waals surface area (Å²) in [5.74, 6) is -0.484. The molecule has 3 rings (SSSR count). The first kappa shape index (κ1) is 15.0. The molecule has 0 saturated carbocycles. The second kappa shape index (κ2) is 4.81. The largest absolute Gasteiger partial charge is 0.493 e. The van der Waals surface area contributed by atoms with Crippen LogP contribution in [0, 0.1) is 0 Å². The topological polar surface area (TPSA) is 76.1 Å². The lowest BCUT2D eigenvalue weighted by atomic mass is 10.0. The number of fused-ring (bicyclic) bond motifs is 3. The summed E-state index contributed by atoms with van der Waals surface area (Å²) in [6.07, 6.45) is 0. The van der Waals surface area contributed by atoms with Crippen molar-refractivity contribution in [2.24, 2.45) is 0 Å². The average molecular weight is 323 g/mol. The summed E-state index contributed by atoms with van der Waals surface area (Å²) < 4.78 is 10.0. The number of methoxy groups -OCH3 is 2. The Bertz CT molecular complexity index is 672. The second-order valence-corrected chi connectivity index (χ2v) is 7.53. The Labute approximate surface area is 132 Å². The van der Waals surface area contributed by atoms with Gasteiger partial charge in [-0.25, -0.2) is 4.79 Å². The van der Waals surface area contributed by atoms with Gasteiger partial charge in [-0.2, -0.15) is 0 Å². The molecule has 1 aromatic carbocycles. The normalized spacial score (nSPS) is 24.9. The highest BCUT2D eigenvalue weighted by molar-refractivity contribution is 8.01. The summed E-state index contributed by atoms with van der Waals surface area (Å²) in [6, 6.07) is 2.68. The fraction of sp³-hybridized carbons (Fsp3) is 0.467. The minimum Gasteiger partial charge on any atom is -0.493 e. The Morgan fingerprint density at radius 2 is 2.00 bits per heavy atom. The van der Waals surface area contributed by atoms with Crippen molar-refractivity contribution in [2.45, 2.75) is 30.0 Å². The molecule has 7 heteroatoms. The van der Waals surface area contributed by atoms with Crippen LogP contribution >= 0.6 is 11.8 Å². The minimum absolute atomic E-state index is 0.307. The molecule has 1 saturated heterocycles. The van der Waals surface area contributed by atoms with Gasteiger partial charge in [-0.3, -0.25) is 4.79 Å². The number of ether oxygens (including phenoxy) is 2. The summed E-state index contributed by atoms with van der Waals surface area (Å²) in [5.41, 5.74) is 1.19. The van der Waals surface area contributed by atoms with Gasteiger partial charge in [0.15, 0.2) is 11.5 Å². The molecular weight excluding hydrogens is 306 g/mol. The molecule has 1 amide bonds. The van der Waals surface area contributed by atoms with Gasteiger partial charge in [0.05, 0.1) is 19.8 Å². The van der Waals surface area contributed by atoms with Crippen molar-refractivity contribution in [3.8, 4) is 11.5 Å². The van der Waals surface area contributed by atoms with Crippen LogP contribution in [0.5, 0.6) is 11.5 Å². The van der Waals surface area contributed by atoms with Crippen LogP contribution in [0.3, 0.4) is 0 Å². The SMILES string of the molecule is COc1ccc2c(c1OC)C(=O)N1[C@H]2SC(C)(C)[C@H]1C(=O)O. The highest BCUT2D eigenvalue weighted by Gasteiger charge is 2.58. The zero-order chi connectivity index (χ0) is 16.2. The highest BCUT2D eigenvalue weighted by Crippen LogP contribution is 2.58. The van der Waals surface area contributed by atoms with Crippen molar-refractivity contribution in [2.75, 3.05) is 14.2 Å². The molecule has 2 aliphatic heterocycles. The molecule has 118 valence electrons. The molecule has 22 heavy (non-hydrogen) atoms. The van der Waals surface area contributed by atoms with Gasteiger partial charge in [0.1, 0.15) is 11.4 Å². The van der Waals surface area contributed by atoms with E-state index in [0.717, 1.165) is 5.56 Å². The van der Waals surface area contributed by atoms with Gasteiger partial charge in [0.25, 0.3) is 5.91 Å². The number of rotatable bonds is 3. The van der Waals surface area contributed by atoms with E-state index in [9.17, 15) is 14.7 Å². The first-order valence-corrected chi connectivity index (χ1v) is 7.69. The molecule has 0 radical (unpaired) electrons. The molecule has 2 aliphatic rings. The standard InChI is InChI=1S/C15H17NO5S/c1-15(2)11(14(18)19)16-12(17)9-7(13(16)22-15)5-6-8(20-3)10(9)21-4/h5-6,11,13H,1-4H3,(H,18,19)/t11-,13+/m1/s1. The summed E-state index contributed by atoms with van der Waals surface area (Å²) in [7, 11) is 2.98. The molecule has 2 atom stereocenters. The summed E-state index contributed by atoms with van der Waals surface area (Å²) in [6.45, 7) is 3.70. The number of carbonyl (C=O) groups is 2. The number of carboxylic acids is 1. The Morgan fingerprint density at radius 3 is 2.55 bits per heavy atom. The number of carbonyl (C=O) groups excluding carboxylic acids is 1. The van der Waals surface area contributed by atoms with Crippen molar-refractivity contribution in [1.82, 2.24) is 4.90 Å². The highest BCUT2D eigenvalue weighted by atomic mass is 32.2. The number of aliphatic carboxylic acids is 1. The van der Waals surface area contributed by atoms with Gasteiger partial charge in [-0.1, -0.05) is 6.07 Å². The number of nitrogens with zero attached hydrogens (tertiary/aromatic N) is 1. The molecule has 1 aromatic rings. The minimum atomic E-state index is -0.993. The number of amides is 1. The maximum absolute atomic E-state index is 12.8. The van der Waals surface area contributed by atoms with Gasteiger partial charge >= 0.3 is 5.97 Å². The number of benzene rings is 1. The zero-order valence-corrected chi connectivity index (χ0v) is 13.6. The van der Waals surface area contributed by atoms with Crippen molar-refractivity contribution >= 4 is 23.6 Å². The van der Waals surface area contributed by atoms with E-state index in [1.165, 1.54) is 30.9 Å². The van der Waals surface area contributed by atoms with E-state index in [1.807, 2.05) is 19.9 Å². The fourth-order valence-corrected chi connectivity index (χ4v) is 4.80. The first-order chi connectivity index (χ1) is 10.3. The monoisotopic (exact) mass is 323 g/mol. The van der Waals surface area contributed by atoms with E-state index in [0.29, 0.717) is 17.1 Å². The predicted molar refractivity (Wildman–Crippen MR) is 81.6 cm³/mol. The Balaban J connectivity index is 2.17. The van der Waals surface area contributed by atoms with Crippen LogP contribution in [0.4, 0.5) is 0 Å². The van der Waals surface area contributed by atoms with Crippen LogP contribution in [0.2, 0.25) is 0 Å². The molecule has 1 fully saturated rings. The summed E-state index contributed by atoms with van der Waals surface area (Å²) in [4.78, 5) is 26.0. The third-order valence-corrected chi connectivity index (χ3v) is 5.67. The second-order valence-electron chi connectivity index (χ2n) is 5.79. The van der Waals surface area contributed by atoms with Gasteiger partial charge in [0.2, 0.25) is 0 Å². The van der Waals surface area contributed by atoms with E-state index in [4.69, 9.17) is 9.47 Å². The maximum Gasteiger partial charge on any atom is 0.327 e. The molecule has 0 bridgehead atoms. The van der Waals surface area contributed by atoms with E-state index < -0.39 is 16.8 Å².